The van der Waals surface area contributed by atoms with Gasteiger partial charge < -0.3 is 15.7 Å². The standard InChI is InChI=1S/C15H26N2O/c1-13-8-4-5-9-14(13)17(3)11-7-6-10-15(2,18)12-16/h4-5,8-9,18H,6-7,10-12,16H2,1-3H3. The second-order valence-corrected chi connectivity index (χ2v) is 5.37. The van der Waals surface area contributed by atoms with E-state index >= 15 is 0 Å². The number of aryl methyl sites for hydroxylation is 1. The van der Waals surface area contributed by atoms with Crippen LogP contribution in [0, 0.1) is 6.92 Å². The highest BCUT2D eigenvalue weighted by molar-refractivity contribution is 5.52. The first-order valence-corrected chi connectivity index (χ1v) is 6.65. The molecule has 0 aliphatic carbocycles. The lowest BCUT2D eigenvalue weighted by molar-refractivity contribution is 0.0575. The Morgan fingerprint density at radius 3 is 2.56 bits per heavy atom. The van der Waals surface area contributed by atoms with Crippen molar-refractivity contribution in [3.63, 3.8) is 0 Å². The van der Waals surface area contributed by atoms with Crippen LogP contribution in [0.25, 0.3) is 0 Å². The van der Waals surface area contributed by atoms with E-state index in [1.54, 1.807) is 6.92 Å². The molecule has 0 heterocycles. The molecule has 3 nitrogen and oxygen atoms in total. The zero-order valence-electron chi connectivity index (χ0n) is 11.8. The van der Waals surface area contributed by atoms with Gasteiger partial charge in [-0.2, -0.15) is 0 Å². The van der Waals surface area contributed by atoms with Crippen LogP contribution < -0.4 is 10.6 Å². The number of hydrogen-bond donors (Lipinski definition) is 2. The molecule has 0 saturated carbocycles. The molecule has 1 unspecified atom stereocenters. The van der Waals surface area contributed by atoms with Gasteiger partial charge in [0.1, 0.15) is 0 Å². The van der Waals surface area contributed by atoms with Gasteiger partial charge in [0.15, 0.2) is 0 Å². The fourth-order valence-electron chi connectivity index (χ4n) is 2.07. The van der Waals surface area contributed by atoms with Crippen LogP contribution in [-0.2, 0) is 0 Å². The van der Waals surface area contributed by atoms with E-state index in [2.05, 4.69) is 43.1 Å². The second-order valence-electron chi connectivity index (χ2n) is 5.37. The van der Waals surface area contributed by atoms with Crippen molar-refractivity contribution >= 4 is 5.69 Å². The third-order valence-electron chi connectivity index (χ3n) is 3.43. The van der Waals surface area contributed by atoms with Crippen LogP contribution in [0.2, 0.25) is 0 Å². The molecule has 1 rings (SSSR count). The first kappa shape index (κ1) is 15.0. The Bertz CT molecular complexity index is 363. The Labute approximate surface area is 111 Å². The number of hydrogen-bond acceptors (Lipinski definition) is 3. The van der Waals surface area contributed by atoms with Crippen molar-refractivity contribution in [2.75, 3.05) is 25.0 Å². The minimum Gasteiger partial charge on any atom is -0.389 e. The Balaban J connectivity index is 2.34. The number of rotatable bonds is 7. The Kier molecular flexibility index (Phi) is 5.63. The van der Waals surface area contributed by atoms with E-state index in [1.165, 1.54) is 11.3 Å². The van der Waals surface area contributed by atoms with Crippen molar-refractivity contribution in [2.24, 2.45) is 5.73 Å². The Hall–Kier alpha value is -1.06. The normalized spacial score (nSPS) is 14.3. The lowest BCUT2D eigenvalue weighted by atomic mass is 9.99. The van der Waals surface area contributed by atoms with Gasteiger partial charge in [0.2, 0.25) is 0 Å². The van der Waals surface area contributed by atoms with Crippen molar-refractivity contribution < 1.29 is 5.11 Å². The van der Waals surface area contributed by atoms with E-state index in [9.17, 15) is 5.11 Å². The lowest BCUT2D eigenvalue weighted by Crippen LogP contribution is -2.34. The Morgan fingerprint density at radius 2 is 1.94 bits per heavy atom. The van der Waals surface area contributed by atoms with Crippen molar-refractivity contribution in [3.8, 4) is 0 Å². The van der Waals surface area contributed by atoms with Crippen LogP contribution >= 0.6 is 0 Å². The van der Waals surface area contributed by atoms with Gasteiger partial charge in [-0.1, -0.05) is 18.2 Å². The number of unbranched alkanes of at least 4 members (excludes halogenated alkanes) is 1. The number of para-hydroxylation sites is 1. The van der Waals surface area contributed by atoms with Crippen LogP contribution in [0.1, 0.15) is 31.7 Å². The summed E-state index contributed by atoms with van der Waals surface area (Å²) in [7, 11) is 2.11. The summed E-state index contributed by atoms with van der Waals surface area (Å²) in [5.41, 5.74) is 7.37. The summed E-state index contributed by atoms with van der Waals surface area (Å²) in [4.78, 5) is 2.27. The maximum Gasteiger partial charge on any atom is 0.0741 e. The van der Waals surface area contributed by atoms with Gasteiger partial charge in [-0.05, 0) is 44.7 Å². The summed E-state index contributed by atoms with van der Waals surface area (Å²) < 4.78 is 0. The smallest absolute Gasteiger partial charge is 0.0741 e. The van der Waals surface area contributed by atoms with Crippen LogP contribution in [0.5, 0.6) is 0 Å². The van der Waals surface area contributed by atoms with Gasteiger partial charge in [0.05, 0.1) is 5.60 Å². The van der Waals surface area contributed by atoms with Crippen LogP contribution in [0.3, 0.4) is 0 Å². The summed E-state index contributed by atoms with van der Waals surface area (Å²) in [5, 5.41) is 9.81. The molecule has 0 bridgehead atoms. The molecule has 0 amide bonds. The van der Waals surface area contributed by atoms with E-state index in [0.29, 0.717) is 6.54 Å². The molecule has 0 fully saturated rings. The van der Waals surface area contributed by atoms with Gasteiger partial charge in [-0.3, -0.25) is 0 Å². The fourth-order valence-corrected chi connectivity index (χ4v) is 2.07. The summed E-state index contributed by atoms with van der Waals surface area (Å²) in [6.07, 6.45) is 2.84. The number of nitrogens with two attached hydrogens (primary N) is 1. The van der Waals surface area contributed by atoms with Crippen LogP contribution in [-0.4, -0.2) is 30.8 Å². The van der Waals surface area contributed by atoms with E-state index in [1.807, 2.05) is 0 Å². The molecule has 102 valence electrons. The van der Waals surface area contributed by atoms with E-state index < -0.39 is 5.60 Å². The van der Waals surface area contributed by atoms with Gasteiger partial charge in [-0.15, -0.1) is 0 Å². The summed E-state index contributed by atoms with van der Waals surface area (Å²) in [6, 6.07) is 8.40. The third kappa shape index (κ3) is 4.67. The van der Waals surface area contributed by atoms with Crippen LogP contribution in [0.15, 0.2) is 24.3 Å². The van der Waals surface area contributed by atoms with E-state index in [-0.39, 0.29) is 0 Å². The maximum atomic E-state index is 9.81. The molecule has 1 aromatic carbocycles. The molecule has 1 aromatic rings. The highest BCUT2D eigenvalue weighted by Gasteiger charge is 2.16. The predicted molar refractivity (Wildman–Crippen MR) is 78.0 cm³/mol. The lowest BCUT2D eigenvalue weighted by Gasteiger charge is -2.23. The second kappa shape index (κ2) is 6.76. The Morgan fingerprint density at radius 1 is 1.28 bits per heavy atom. The molecule has 0 aliphatic rings. The van der Waals surface area contributed by atoms with Crippen molar-refractivity contribution in [2.45, 2.75) is 38.7 Å². The summed E-state index contributed by atoms with van der Waals surface area (Å²) >= 11 is 0. The minimum absolute atomic E-state index is 0.334. The van der Waals surface area contributed by atoms with Gasteiger partial charge in [0.25, 0.3) is 0 Å². The molecule has 3 N–H and O–H groups in total. The first-order chi connectivity index (χ1) is 8.46. The molecule has 0 radical (unpaired) electrons. The van der Waals surface area contributed by atoms with E-state index in [4.69, 9.17) is 5.73 Å². The predicted octanol–water partition coefficient (Wildman–Crippen LogP) is 2.31. The largest absolute Gasteiger partial charge is 0.389 e. The third-order valence-corrected chi connectivity index (χ3v) is 3.43. The topological polar surface area (TPSA) is 49.5 Å². The molecule has 1 atom stereocenters. The van der Waals surface area contributed by atoms with Gasteiger partial charge in [-0.25, -0.2) is 0 Å². The number of benzene rings is 1. The molecular formula is C15H26N2O. The average molecular weight is 250 g/mol. The van der Waals surface area contributed by atoms with Crippen molar-refractivity contribution in [3.05, 3.63) is 29.8 Å². The number of anilines is 1. The average Bonchev–Trinajstić information content (AvgIpc) is 2.35. The van der Waals surface area contributed by atoms with E-state index in [0.717, 1.165) is 25.8 Å². The maximum absolute atomic E-state index is 9.81. The van der Waals surface area contributed by atoms with Gasteiger partial charge in [0, 0.05) is 25.8 Å². The highest BCUT2D eigenvalue weighted by atomic mass is 16.3. The summed E-state index contributed by atoms with van der Waals surface area (Å²) in [6.45, 7) is 5.27. The molecule has 0 spiro atoms. The molecule has 0 saturated heterocycles. The van der Waals surface area contributed by atoms with Crippen LogP contribution in [0.4, 0.5) is 5.69 Å². The molecule has 0 aliphatic heterocycles. The molecular weight excluding hydrogens is 224 g/mol. The van der Waals surface area contributed by atoms with Crippen molar-refractivity contribution in [1.29, 1.82) is 0 Å². The molecule has 3 heteroatoms. The number of aliphatic hydroxyl groups is 1. The zero-order valence-corrected chi connectivity index (χ0v) is 11.8. The number of nitrogens with zero attached hydrogens (tertiary/aromatic N) is 1. The minimum atomic E-state index is -0.707. The zero-order chi connectivity index (χ0) is 13.6. The van der Waals surface area contributed by atoms with Crippen molar-refractivity contribution in [1.82, 2.24) is 0 Å². The first-order valence-electron chi connectivity index (χ1n) is 6.65. The summed E-state index contributed by atoms with van der Waals surface area (Å²) in [5.74, 6) is 0. The molecule has 0 aromatic heterocycles. The van der Waals surface area contributed by atoms with Gasteiger partial charge >= 0.3 is 0 Å². The molecule has 18 heavy (non-hydrogen) atoms. The SMILES string of the molecule is Cc1ccccc1N(C)CCCCC(C)(O)CN. The highest BCUT2D eigenvalue weighted by Crippen LogP contribution is 2.19. The quantitative estimate of drug-likeness (QED) is 0.730. The fraction of sp³-hybridized carbons (Fsp3) is 0.600. The monoisotopic (exact) mass is 250 g/mol.